The van der Waals surface area contributed by atoms with Crippen LogP contribution in [0, 0.1) is 0 Å². The lowest BCUT2D eigenvalue weighted by atomic mass is 10.1. The number of hydrogen-bond donors (Lipinski definition) is 0. The summed E-state index contributed by atoms with van der Waals surface area (Å²) in [4.78, 5) is 11.9. The average molecular weight is 250 g/mol. The molecule has 18 heavy (non-hydrogen) atoms. The zero-order valence-electron chi connectivity index (χ0n) is 11.3. The lowest BCUT2D eigenvalue weighted by molar-refractivity contribution is -0.128. The molecule has 2 rings (SSSR count). The van der Waals surface area contributed by atoms with Gasteiger partial charge in [0.1, 0.15) is 6.10 Å². The Balaban J connectivity index is 1.91. The van der Waals surface area contributed by atoms with Gasteiger partial charge in [-0.1, -0.05) is 12.8 Å². The van der Waals surface area contributed by atoms with E-state index in [0.717, 1.165) is 5.69 Å². The van der Waals surface area contributed by atoms with E-state index in [2.05, 4.69) is 5.10 Å². The van der Waals surface area contributed by atoms with Crippen molar-refractivity contribution in [2.45, 2.75) is 58.1 Å². The van der Waals surface area contributed by atoms with Gasteiger partial charge in [-0.05, 0) is 32.8 Å². The molecule has 1 saturated carbocycles. The fourth-order valence-corrected chi connectivity index (χ4v) is 2.51. The third-order valence-corrected chi connectivity index (χ3v) is 3.59. The molecule has 4 heteroatoms. The Kier molecular flexibility index (Phi) is 4.53. The lowest BCUT2D eigenvalue weighted by Gasteiger charge is -2.10. The molecule has 4 nitrogen and oxygen atoms in total. The van der Waals surface area contributed by atoms with E-state index in [1.54, 1.807) is 6.92 Å². The second-order valence-corrected chi connectivity index (χ2v) is 4.97. The summed E-state index contributed by atoms with van der Waals surface area (Å²) < 4.78 is 7.33. The molecule has 0 N–H and O–H groups in total. The molecule has 0 radical (unpaired) electrons. The molecule has 1 aliphatic carbocycles. The molecule has 1 aliphatic rings. The van der Waals surface area contributed by atoms with E-state index < -0.39 is 0 Å². The molecule has 1 unspecified atom stereocenters. The molecule has 0 aromatic carbocycles. The third kappa shape index (κ3) is 3.19. The van der Waals surface area contributed by atoms with Crippen molar-refractivity contribution >= 4 is 5.78 Å². The van der Waals surface area contributed by atoms with E-state index in [1.165, 1.54) is 25.7 Å². The Bertz CT molecular complexity index is 394. The van der Waals surface area contributed by atoms with Crippen LogP contribution in [0.5, 0.6) is 0 Å². The fraction of sp³-hybridized carbons (Fsp3) is 0.714. The quantitative estimate of drug-likeness (QED) is 0.779. The Hall–Kier alpha value is -1.16. The molecule has 1 fully saturated rings. The van der Waals surface area contributed by atoms with Crippen molar-refractivity contribution < 1.29 is 9.53 Å². The average Bonchev–Trinajstić information content (AvgIpc) is 2.98. The number of ether oxygens (including phenoxy) is 1. The van der Waals surface area contributed by atoms with Gasteiger partial charge in [0.15, 0.2) is 5.78 Å². The number of hydrogen-bond acceptors (Lipinski definition) is 3. The van der Waals surface area contributed by atoms with Crippen LogP contribution in [0.25, 0.3) is 0 Å². The molecule has 1 aromatic heterocycles. The summed E-state index contributed by atoms with van der Waals surface area (Å²) in [6.45, 7) is 4.28. The van der Waals surface area contributed by atoms with E-state index in [1.807, 2.05) is 23.9 Å². The topological polar surface area (TPSA) is 44.1 Å². The monoisotopic (exact) mass is 250 g/mol. The predicted molar refractivity (Wildman–Crippen MR) is 69.5 cm³/mol. The van der Waals surface area contributed by atoms with Gasteiger partial charge in [-0.2, -0.15) is 5.10 Å². The molecule has 0 bridgehead atoms. The number of Topliss-reactive ketones (excluding diaryl/α,β-unsaturated/α-hetero) is 1. The summed E-state index contributed by atoms with van der Waals surface area (Å²) in [5, 5.41) is 4.52. The molecule has 100 valence electrons. The summed E-state index contributed by atoms with van der Waals surface area (Å²) in [6, 6.07) is 2.49. The van der Waals surface area contributed by atoms with Gasteiger partial charge in [-0.25, -0.2) is 0 Å². The van der Waals surface area contributed by atoms with Crippen LogP contribution in [0.4, 0.5) is 0 Å². The maximum Gasteiger partial charge on any atom is 0.167 e. The Morgan fingerprint density at radius 3 is 2.94 bits per heavy atom. The van der Waals surface area contributed by atoms with Gasteiger partial charge in [0.05, 0.1) is 18.2 Å². The second kappa shape index (κ2) is 6.14. The SMILES string of the molecule is CCOC(C)C(=O)Cc1ccn(C2CCCC2)n1. The predicted octanol–water partition coefficient (Wildman–Crippen LogP) is 2.53. The smallest absolute Gasteiger partial charge is 0.167 e. The number of nitrogens with zero attached hydrogens (tertiary/aromatic N) is 2. The summed E-state index contributed by atoms with van der Waals surface area (Å²) >= 11 is 0. The summed E-state index contributed by atoms with van der Waals surface area (Å²) in [5.41, 5.74) is 0.860. The van der Waals surface area contributed by atoms with Gasteiger partial charge >= 0.3 is 0 Å². The zero-order chi connectivity index (χ0) is 13.0. The normalized spacial score (nSPS) is 18.1. The summed E-state index contributed by atoms with van der Waals surface area (Å²) in [5.74, 6) is 0.105. The molecule has 1 aromatic rings. The molecule has 0 aliphatic heterocycles. The van der Waals surface area contributed by atoms with Crippen molar-refractivity contribution in [2.75, 3.05) is 6.61 Å². The van der Waals surface area contributed by atoms with E-state index in [9.17, 15) is 4.79 Å². The van der Waals surface area contributed by atoms with Crippen molar-refractivity contribution in [1.82, 2.24) is 9.78 Å². The minimum atomic E-state index is -0.327. The van der Waals surface area contributed by atoms with Crippen LogP contribution in [0.15, 0.2) is 12.3 Å². The molecule has 1 atom stereocenters. The van der Waals surface area contributed by atoms with Crippen LogP contribution < -0.4 is 0 Å². The van der Waals surface area contributed by atoms with E-state index in [4.69, 9.17) is 4.74 Å². The van der Waals surface area contributed by atoms with E-state index in [0.29, 0.717) is 19.1 Å². The summed E-state index contributed by atoms with van der Waals surface area (Å²) in [6.07, 6.45) is 7.06. The Morgan fingerprint density at radius 1 is 1.56 bits per heavy atom. The second-order valence-electron chi connectivity index (χ2n) is 4.97. The van der Waals surface area contributed by atoms with Crippen LogP contribution in [0.3, 0.4) is 0 Å². The minimum Gasteiger partial charge on any atom is -0.371 e. The van der Waals surface area contributed by atoms with Crippen LogP contribution >= 0.6 is 0 Å². The number of rotatable bonds is 6. The van der Waals surface area contributed by atoms with Gasteiger partial charge in [-0.15, -0.1) is 0 Å². The van der Waals surface area contributed by atoms with Crippen LogP contribution in [-0.4, -0.2) is 28.3 Å². The number of carbonyl (C=O) groups is 1. The maximum absolute atomic E-state index is 11.9. The first-order valence-electron chi connectivity index (χ1n) is 6.89. The van der Waals surface area contributed by atoms with Crippen molar-refractivity contribution in [3.05, 3.63) is 18.0 Å². The first kappa shape index (κ1) is 13.3. The summed E-state index contributed by atoms with van der Waals surface area (Å²) in [7, 11) is 0. The van der Waals surface area contributed by atoms with Gasteiger partial charge in [0, 0.05) is 12.8 Å². The van der Waals surface area contributed by atoms with E-state index in [-0.39, 0.29) is 11.9 Å². The van der Waals surface area contributed by atoms with Crippen molar-refractivity contribution in [3.63, 3.8) is 0 Å². The number of carbonyl (C=O) groups excluding carboxylic acids is 1. The molecule has 0 spiro atoms. The molecule has 0 saturated heterocycles. The third-order valence-electron chi connectivity index (χ3n) is 3.59. The van der Waals surface area contributed by atoms with E-state index >= 15 is 0 Å². The highest BCUT2D eigenvalue weighted by Gasteiger charge is 2.19. The highest BCUT2D eigenvalue weighted by Crippen LogP contribution is 2.28. The van der Waals surface area contributed by atoms with Crippen LogP contribution in [-0.2, 0) is 16.0 Å². The van der Waals surface area contributed by atoms with Crippen molar-refractivity contribution in [1.29, 1.82) is 0 Å². The number of aromatic nitrogens is 2. The van der Waals surface area contributed by atoms with Crippen molar-refractivity contribution in [2.24, 2.45) is 0 Å². The first-order valence-corrected chi connectivity index (χ1v) is 6.89. The standard InChI is InChI=1S/C14H22N2O2/c1-3-18-11(2)14(17)10-12-8-9-16(15-12)13-6-4-5-7-13/h8-9,11,13H,3-7,10H2,1-2H3. The van der Waals surface area contributed by atoms with Gasteiger partial charge in [0.25, 0.3) is 0 Å². The highest BCUT2D eigenvalue weighted by atomic mass is 16.5. The molecule has 0 amide bonds. The minimum absolute atomic E-state index is 0.105. The highest BCUT2D eigenvalue weighted by molar-refractivity contribution is 5.84. The van der Waals surface area contributed by atoms with Crippen LogP contribution in [0.2, 0.25) is 0 Å². The molecular formula is C14H22N2O2. The molecule has 1 heterocycles. The molecular weight excluding hydrogens is 228 g/mol. The van der Waals surface area contributed by atoms with Gasteiger partial charge < -0.3 is 4.74 Å². The van der Waals surface area contributed by atoms with Crippen molar-refractivity contribution in [3.8, 4) is 0 Å². The Labute approximate surface area is 108 Å². The number of ketones is 1. The van der Waals surface area contributed by atoms with Crippen LogP contribution in [0.1, 0.15) is 51.3 Å². The lowest BCUT2D eigenvalue weighted by Crippen LogP contribution is -2.22. The van der Waals surface area contributed by atoms with Gasteiger partial charge in [-0.3, -0.25) is 9.48 Å². The zero-order valence-corrected chi connectivity index (χ0v) is 11.3. The fourth-order valence-electron chi connectivity index (χ4n) is 2.51. The Morgan fingerprint density at radius 2 is 2.28 bits per heavy atom. The van der Waals surface area contributed by atoms with Gasteiger partial charge in [0.2, 0.25) is 0 Å². The maximum atomic E-state index is 11.9. The largest absolute Gasteiger partial charge is 0.371 e. The first-order chi connectivity index (χ1) is 8.70.